The maximum atomic E-state index is 10.5. The fourth-order valence-electron chi connectivity index (χ4n) is 2.10. The van der Waals surface area contributed by atoms with Gasteiger partial charge in [-0.25, -0.2) is 4.79 Å². The first kappa shape index (κ1) is 14.9. The monoisotopic (exact) mass is 282 g/mol. The SMILES string of the molecule is CN(Cc1cccc(C=CC(=O)O)c1)Cc1ccccn1. The summed E-state index contributed by atoms with van der Waals surface area (Å²) in [4.78, 5) is 17.0. The van der Waals surface area contributed by atoms with Gasteiger partial charge < -0.3 is 5.11 Å². The van der Waals surface area contributed by atoms with Gasteiger partial charge in [0.25, 0.3) is 0 Å². The van der Waals surface area contributed by atoms with E-state index in [4.69, 9.17) is 5.11 Å². The molecule has 4 nitrogen and oxygen atoms in total. The molecule has 0 fully saturated rings. The molecule has 1 aromatic carbocycles. The summed E-state index contributed by atoms with van der Waals surface area (Å²) in [6.45, 7) is 1.56. The van der Waals surface area contributed by atoms with Crippen LogP contribution in [0.15, 0.2) is 54.7 Å². The third-order valence-corrected chi connectivity index (χ3v) is 2.98. The number of aromatic nitrogens is 1. The largest absolute Gasteiger partial charge is 0.478 e. The quantitative estimate of drug-likeness (QED) is 0.828. The Bertz CT molecular complexity index is 624. The standard InChI is InChI=1S/C17H18N2O2/c1-19(13-16-7-2-3-10-18-16)12-15-6-4-5-14(11-15)8-9-17(20)21/h2-11H,12-13H2,1H3,(H,20,21). The number of carbonyl (C=O) groups is 1. The highest BCUT2D eigenvalue weighted by Gasteiger charge is 2.03. The maximum Gasteiger partial charge on any atom is 0.328 e. The number of carboxylic acid groups (broad SMARTS) is 1. The fraction of sp³-hybridized carbons (Fsp3) is 0.176. The van der Waals surface area contributed by atoms with Crippen LogP contribution in [0.4, 0.5) is 0 Å². The number of benzene rings is 1. The normalized spacial score (nSPS) is 11.1. The van der Waals surface area contributed by atoms with E-state index in [9.17, 15) is 4.79 Å². The predicted octanol–water partition coefficient (Wildman–Crippen LogP) is 2.81. The summed E-state index contributed by atoms with van der Waals surface area (Å²) in [6.07, 6.45) is 4.54. The van der Waals surface area contributed by atoms with Crippen molar-refractivity contribution < 1.29 is 9.90 Å². The summed E-state index contributed by atoms with van der Waals surface area (Å²) in [5.74, 6) is -0.937. The molecule has 0 aliphatic rings. The summed E-state index contributed by atoms with van der Waals surface area (Å²) >= 11 is 0. The average Bonchev–Trinajstić information content (AvgIpc) is 2.46. The minimum atomic E-state index is -0.937. The molecule has 0 spiro atoms. The molecule has 2 aromatic rings. The molecule has 0 atom stereocenters. The maximum absolute atomic E-state index is 10.5. The molecule has 0 unspecified atom stereocenters. The predicted molar refractivity (Wildman–Crippen MR) is 82.5 cm³/mol. The van der Waals surface area contributed by atoms with Crippen LogP contribution in [0.3, 0.4) is 0 Å². The van der Waals surface area contributed by atoms with E-state index >= 15 is 0 Å². The van der Waals surface area contributed by atoms with Crippen molar-refractivity contribution >= 4 is 12.0 Å². The van der Waals surface area contributed by atoms with Crippen LogP contribution in [0.2, 0.25) is 0 Å². The molecular weight excluding hydrogens is 264 g/mol. The third-order valence-electron chi connectivity index (χ3n) is 2.98. The smallest absolute Gasteiger partial charge is 0.328 e. The van der Waals surface area contributed by atoms with E-state index in [-0.39, 0.29) is 0 Å². The molecule has 2 rings (SSSR count). The van der Waals surface area contributed by atoms with Gasteiger partial charge in [-0.2, -0.15) is 0 Å². The first-order valence-corrected chi connectivity index (χ1v) is 6.72. The average molecular weight is 282 g/mol. The van der Waals surface area contributed by atoms with E-state index in [1.54, 1.807) is 12.3 Å². The second-order valence-corrected chi connectivity index (χ2v) is 4.91. The van der Waals surface area contributed by atoms with Gasteiger partial charge in [-0.15, -0.1) is 0 Å². The van der Waals surface area contributed by atoms with Crippen molar-refractivity contribution in [2.24, 2.45) is 0 Å². The highest BCUT2D eigenvalue weighted by molar-refractivity contribution is 5.85. The Hall–Kier alpha value is -2.46. The van der Waals surface area contributed by atoms with E-state index in [0.717, 1.165) is 36.0 Å². The van der Waals surface area contributed by atoms with Crippen LogP contribution in [0, 0.1) is 0 Å². The van der Waals surface area contributed by atoms with Gasteiger partial charge in [0, 0.05) is 25.4 Å². The molecule has 0 saturated heterocycles. The van der Waals surface area contributed by atoms with Gasteiger partial charge in [-0.3, -0.25) is 9.88 Å². The van der Waals surface area contributed by atoms with Crippen molar-refractivity contribution in [2.75, 3.05) is 7.05 Å². The minimum Gasteiger partial charge on any atom is -0.478 e. The molecule has 1 N–H and O–H groups in total. The van der Waals surface area contributed by atoms with Gasteiger partial charge in [0.05, 0.1) is 5.69 Å². The van der Waals surface area contributed by atoms with E-state index < -0.39 is 5.97 Å². The van der Waals surface area contributed by atoms with Crippen molar-refractivity contribution in [1.82, 2.24) is 9.88 Å². The van der Waals surface area contributed by atoms with E-state index in [0.29, 0.717) is 0 Å². The molecule has 1 aromatic heterocycles. The molecule has 0 amide bonds. The number of nitrogens with zero attached hydrogens (tertiary/aromatic N) is 2. The zero-order valence-corrected chi connectivity index (χ0v) is 11.9. The van der Waals surface area contributed by atoms with E-state index in [2.05, 4.69) is 9.88 Å². The van der Waals surface area contributed by atoms with Crippen LogP contribution < -0.4 is 0 Å². The Morgan fingerprint density at radius 1 is 1.24 bits per heavy atom. The van der Waals surface area contributed by atoms with Gasteiger partial charge in [-0.05, 0) is 36.4 Å². The Kier molecular flexibility index (Phi) is 5.23. The second kappa shape index (κ2) is 7.36. The molecule has 0 aliphatic carbocycles. The lowest BCUT2D eigenvalue weighted by Gasteiger charge is -2.16. The lowest BCUT2D eigenvalue weighted by Crippen LogP contribution is -2.17. The van der Waals surface area contributed by atoms with Crippen molar-refractivity contribution in [2.45, 2.75) is 13.1 Å². The Morgan fingerprint density at radius 2 is 2.10 bits per heavy atom. The highest BCUT2D eigenvalue weighted by atomic mass is 16.4. The number of hydrogen-bond donors (Lipinski definition) is 1. The van der Waals surface area contributed by atoms with Crippen LogP contribution >= 0.6 is 0 Å². The molecule has 0 radical (unpaired) electrons. The Balaban J connectivity index is 1.99. The van der Waals surface area contributed by atoms with Gasteiger partial charge in [-0.1, -0.05) is 30.3 Å². The van der Waals surface area contributed by atoms with Crippen LogP contribution in [-0.4, -0.2) is 28.0 Å². The molecule has 0 bridgehead atoms. The van der Waals surface area contributed by atoms with Gasteiger partial charge in [0.2, 0.25) is 0 Å². The summed E-state index contributed by atoms with van der Waals surface area (Å²) < 4.78 is 0. The zero-order chi connectivity index (χ0) is 15.1. The van der Waals surface area contributed by atoms with Crippen molar-refractivity contribution in [3.63, 3.8) is 0 Å². The topological polar surface area (TPSA) is 53.4 Å². The van der Waals surface area contributed by atoms with Gasteiger partial charge >= 0.3 is 5.97 Å². The summed E-state index contributed by atoms with van der Waals surface area (Å²) in [7, 11) is 2.04. The number of pyridine rings is 1. The summed E-state index contributed by atoms with van der Waals surface area (Å²) in [5, 5.41) is 8.65. The van der Waals surface area contributed by atoms with Gasteiger partial charge in [0.15, 0.2) is 0 Å². The van der Waals surface area contributed by atoms with Crippen LogP contribution in [0.1, 0.15) is 16.8 Å². The summed E-state index contributed by atoms with van der Waals surface area (Å²) in [6, 6.07) is 13.7. The molecule has 108 valence electrons. The molecule has 4 heteroatoms. The van der Waals surface area contributed by atoms with E-state index in [1.165, 1.54) is 0 Å². The van der Waals surface area contributed by atoms with Crippen molar-refractivity contribution in [3.8, 4) is 0 Å². The lowest BCUT2D eigenvalue weighted by molar-refractivity contribution is -0.131. The number of rotatable bonds is 6. The van der Waals surface area contributed by atoms with Crippen LogP contribution in [-0.2, 0) is 17.9 Å². The van der Waals surface area contributed by atoms with Crippen molar-refractivity contribution in [3.05, 3.63) is 71.6 Å². The first-order chi connectivity index (χ1) is 10.1. The lowest BCUT2D eigenvalue weighted by atomic mass is 10.1. The number of carboxylic acids is 1. The first-order valence-electron chi connectivity index (χ1n) is 6.72. The van der Waals surface area contributed by atoms with E-state index in [1.807, 2.05) is 49.5 Å². The van der Waals surface area contributed by atoms with Crippen LogP contribution in [0.25, 0.3) is 6.08 Å². The van der Waals surface area contributed by atoms with Crippen molar-refractivity contribution in [1.29, 1.82) is 0 Å². The molecule has 21 heavy (non-hydrogen) atoms. The zero-order valence-electron chi connectivity index (χ0n) is 11.9. The molecule has 1 heterocycles. The fourth-order valence-corrected chi connectivity index (χ4v) is 2.10. The van der Waals surface area contributed by atoms with Gasteiger partial charge in [0.1, 0.15) is 0 Å². The second-order valence-electron chi connectivity index (χ2n) is 4.91. The minimum absolute atomic E-state index is 0.774. The summed E-state index contributed by atoms with van der Waals surface area (Å²) in [5.41, 5.74) is 3.06. The molecule has 0 saturated carbocycles. The number of hydrogen-bond acceptors (Lipinski definition) is 3. The number of aliphatic carboxylic acids is 1. The Labute approximate surface area is 124 Å². The molecular formula is C17H18N2O2. The Morgan fingerprint density at radius 3 is 2.81 bits per heavy atom. The molecule has 0 aliphatic heterocycles. The highest BCUT2D eigenvalue weighted by Crippen LogP contribution is 2.10. The third kappa shape index (κ3) is 5.20. The van der Waals surface area contributed by atoms with Crippen LogP contribution in [0.5, 0.6) is 0 Å².